The van der Waals surface area contributed by atoms with Gasteiger partial charge in [0.2, 0.25) is 5.91 Å². The van der Waals surface area contributed by atoms with Crippen molar-refractivity contribution in [2.75, 3.05) is 17.2 Å². The highest BCUT2D eigenvalue weighted by Gasteiger charge is 2.29. The number of nitrogens with zero attached hydrogens (tertiary/aromatic N) is 1. The van der Waals surface area contributed by atoms with Gasteiger partial charge in [-0.1, -0.05) is 6.08 Å². The van der Waals surface area contributed by atoms with Crippen molar-refractivity contribution in [3.05, 3.63) is 23.4 Å². The monoisotopic (exact) mass is 208 g/mol. The van der Waals surface area contributed by atoms with Gasteiger partial charge in [-0.3, -0.25) is 4.79 Å². The van der Waals surface area contributed by atoms with Crippen LogP contribution in [-0.2, 0) is 4.79 Å². The first-order chi connectivity index (χ1) is 6.72. The van der Waals surface area contributed by atoms with Gasteiger partial charge >= 0.3 is 0 Å². The Balaban J connectivity index is 2.24. The Kier molecular flexibility index (Phi) is 2.29. The van der Waals surface area contributed by atoms with Gasteiger partial charge in [0.25, 0.3) is 0 Å². The molecule has 0 aliphatic carbocycles. The Hall–Kier alpha value is -1.29. The molecule has 14 heavy (non-hydrogen) atoms. The Labute approximate surface area is 86.8 Å². The van der Waals surface area contributed by atoms with Gasteiger partial charge in [0.1, 0.15) is 0 Å². The summed E-state index contributed by atoms with van der Waals surface area (Å²) in [7, 11) is 0. The fraction of sp³-hybridized carbons (Fsp3) is 0.300. The maximum absolute atomic E-state index is 11.6. The standard InChI is InChI=1S/C10H12N2OS/c1-2-7-3-10(13)12(4-7)9-6-14-5-8(9)11/h2,5-7H,1,3-4,11H2. The van der Waals surface area contributed by atoms with Crippen LogP contribution in [0.4, 0.5) is 11.4 Å². The van der Waals surface area contributed by atoms with Crippen LogP contribution in [0.25, 0.3) is 0 Å². The van der Waals surface area contributed by atoms with Crippen LogP contribution >= 0.6 is 11.3 Å². The van der Waals surface area contributed by atoms with Gasteiger partial charge < -0.3 is 10.6 Å². The van der Waals surface area contributed by atoms with Crippen LogP contribution in [0.3, 0.4) is 0 Å². The van der Waals surface area contributed by atoms with Crippen molar-refractivity contribution in [2.24, 2.45) is 5.92 Å². The number of nitrogens with two attached hydrogens (primary N) is 1. The van der Waals surface area contributed by atoms with E-state index in [0.29, 0.717) is 18.7 Å². The molecule has 1 unspecified atom stereocenters. The number of amides is 1. The topological polar surface area (TPSA) is 46.3 Å². The molecule has 74 valence electrons. The van der Waals surface area contributed by atoms with E-state index in [1.54, 1.807) is 4.90 Å². The van der Waals surface area contributed by atoms with Crippen LogP contribution in [0.15, 0.2) is 23.4 Å². The van der Waals surface area contributed by atoms with Crippen LogP contribution in [0.5, 0.6) is 0 Å². The van der Waals surface area contributed by atoms with Gasteiger partial charge in [-0.25, -0.2) is 0 Å². The number of anilines is 2. The number of carbonyl (C=O) groups is 1. The molecule has 1 atom stereocenters. The summed E-state index contributed by atoms with van der Waals surface area (Å²) in [4.78, 5) is 13.4. The number of rotatable bonds is 2. The molecule has 1 aromatic rings. The molecule has 1 aliphatic rings. The lowest BCUT2D eigenvalue weighted by atomic mass is 10.1. The number of thiophene rings is 1. The molecule has 0 aromatic carbocycles. The molecule has 1 fully saturated rings. The van der Waals surface area contributed by atoms with E-state index in [9.17, 15) is 4.79 Å². The van der Waals surface area contributed by atoms with Gasteiger partial charge in [0.05, 0.1) is 11.4 Å². The van der Waals surface area contributed by atoms with Crippen molar-refractivity contribution < 1.29 is 4.79 Å². The van der Waals surface area contributed by atoms with Gasteiger partial charge in [0.15, 0.2) is 0 Å². The summed E-state index contributed by atoms with van der Waals surface area (Å²) >= 11 is 1.52. The molecule has 1 amide bonds. The minimum Gasteiger partial charge on any atom is -0.396 e. The van der Waals surface area contributed by atoms with Gasteiger partial charge in [-0.2, -0.15) is 0 Å². The van der Waals surface area contributed by atoms with Crippen molar-refractivity contribution in [3.8, 4) is 0 Å². The maximum Gasteiger partial charge on any atom is 0.227 e. The lowest BCUT2D eigenvalue weighted by Crippen LogP contribution is -2.24. The van der Waals surface area contributed by atoms with E-state index in [4.69, 9.17) is 5.73 Å². The average molecular weight is 208 g/mol. The summed E-state index contributed by atoms with van der Waals surface area (Å²) in [6, 6.07) is 0. The zero-order chi connectivity index (χ0) is 10.1. The number of hydrogen-bond acceptors (Lipinski definition) is 3. The van der Waals surface area contributed by atoms with Crippen molar-refractivity contribution in [3.63, 3.8) is 0 Å². The lowest BCUT2D eigenvalue weighted by Gasteiger charge is -2.14. The van der Waals surface area contributed by atoms with E-state index in [0.717, 1.165) is 5.69 Å². The average Bonchev–Trinajstić information content (AvgIpc) is 2.72. The molecule has 0 bridgehead atoms. The van der Waals surface area contributed by atoms with Crippen LogP contribution in [0.1, 0.15) is 6.42 Å². The van der Waals surface area contributed by atoms with Crippen molar-refractivity contribution in [1.29, 1.82) is 0 Å². The van der Waals surface area contributed by atoms with Gasteiger partial charge in [0, 0.05) is 29.6 Å². The predicted molar refractivity (Wildman–Crippen MR) is 59.4 cm³/mol. The molecular weight excluding hydrogens is 196 g/mol. The molecular formula is C10H12N2OS. The van der Waals surface area contributed by atoms with E-state index in [2.05, 4.69) is 6.58 Å². The quantitative estimate of drug-likeness (QED) is 0.754. The second-order valence-corrected chi connectivity index (χ2v) is 4.16. The minimum atomic E-state index is 0.139. The molecule has 1 aliphatic heterocycles. The van der Waals surface area contributed by atoms with Crippen molar-refractivity contribution in [1.82, 2.24) is 0 Å². The van der Waals surface area contributed by atoms with Crippen LogP contribution in [0.2, 0.25) is 0 Å². The molecule has 2 N–H and O–H groups in total. The molecule has 0 spiro atoms. The third kappa shape index (κ3) is 1.42. The zero-order valence-corrected chi connectivity index (χ0v) is 8.59. The summed E-state index contributed by atoms with van der Waals surface area (Å²) in [5.41, 5.74) is 7.30. The van der Waals surface area contributed by atoms with Crippen molar-refractivity contribution >= 4 is 28.6 Å². The SMILES string of the molecule is C=CC1CC(=O)N(c2cscc2N)C1. The van der Waals surface area contributed by atoms with Gasteiger partial charge in [-0.15, -0.1) is 17.9 Å². The third-order valence-electron chi connectivity index (χ3n) is 2.45. The zero-order valence-electron chi connectivity index (χ0n) is 7.77. The first-order valence-corrected chi connectivity index (χ1v) is 5.41. The predicted octanol–water partition coefficient (Wildman–Crippen LogP) is 1.87. The smallest absolute Gasteiger partial charge is 0.227 e. The molecule has 4 heteroatoms. The Morgan fingerprint density at radius 3 is 2.93 bits per heavy atom. The molecule has 2 rings (SSSR count). The van der Waals surface area contributed by atoms with E-state index < -0.39 is 0 Å². The lowest BCUT2D eigenvalue weighted by molar-refractivity contribution is -0.117. The fourth-order valence-corrected chi connectivity index (χ4v) is 2.37. The van der Waals surface area contributed by atoms with Crippen LogP contribution in [0, 0.1) is 5.92 Å². The van der Waals surface area contributed by atoms with Crippen LogP contribution < -0.4 is 10.6 Å². The normalized spacial score (nSPS) is 21.6. The molecule has 0 saturated carbocycles. The number of hydrogen-bond donors (Lipinski definition) is 1. The first-order valence-electron chi connectivity index (χ1n) is 4.47. The number of nitrogen functional groups attached to an aromatic ring is 1. The summed E-state index contributed by atoms with van der Waals surface area (Å²) < 4.78 is 0. The number of carbonyl (C=O) groups excluding carboxylic acids is 1. The molecule has 3 nitrogen and oxygen atoms in total. The summed E-state index contributed by atoms with van der Waals surface area (Å²) in [6.07, 6.45) is 2.39. The van der Waals surface area contributed by atoms with E-state index >= 15 is 0 Å². The highest BCUT2D eigenvalue weighted by atomic mass is 32.1. The Bertz CT molecular complexity index is 372. The molecule has 1 saturated heterocycles. The fourth-order valence-electron chi connectivity index (χ4n) is 1.65. The Morgan fingerprint density at radius 2 is 2.43 bits per heavy atom. The van der Waals surface area contributed by atoms with E-state index in [1.165, 1.54) is 11.3 Å². The second-order valence-electron chi connectivity index (χ2n) is 3.42. The second kappa shape index (κ2) is 3.46. The summed E-state index contributed by atoms with van der Waals surface area (Å²) in [6.45, 7) is 4.42. The third-order valence-corrected chi connectivity index (χ3v) is 3.20. The van der Waals surface area contributed by atoms with E-state index in [-0.39, 0.29) is 11.8 Å². The summed E-state index contributed by atoms with van der Waals surface area (Å²) in [5.74, 6) is 0.404. The minimum absolute atomic E-state index is 0.139. The highest BCUT2D eigenvalue weighted by Crippen LogP contribution is 2.32. The van der Waals surface area contributed by atoms with Crippen LogP contribution in [-0.4, -0.2) is 12.5 Å². The molecule has 1 aromatic heterocycles. The molecule has 2 heterocycles. The van der Waals surface area contributed by atoms with E-state index in [1.807, 2.05) is 16.8 Å². The Morgan fingerprint density at radius 1 is 1.64 bits per heavy atom. The first kappa shape index (κ1) is 9.27. The van der Waals surface area contributed by atoms with Gasteiger partial charge in [-0.05, 0) is 0 Å². The summed E-state index contributed by atoms with van der Waals surface area (Å²) in [5, 5.41) is 3.77. The van der Waals surface area contributed by atoms with Crippen molar-refractivity contribution in [2.45, 2.75) is 6.42 Å². The maximum atomic E-state index is 11.6. The highest BCUT2D eigenvalue weighted by molar-refractivity contribution is 7.09. The molecule has 0 radical (unpaired) electrons. The largest absolute Gasteiger partial charge is 0.396 e.